The van der Waals surface area contributed by atoms with E-state index in [0.717, 1.165) is 70.6 Å². The molecule has 0 aliphatic heterocycles. The van der Waals surface area contributed by atoms with Crippen molar-refractivity contribution < 1.29 is 42.9 Å². The van der Waals surface area contributed by atoms with Crippen LogP contribution in [-0.4, -0.2) is 82.3 Å². The Morgan fingerprint density at radius 3 is 1.32 bits per heavy atom. The van der Waals surface area contributed by atoms with E-state index in [-0.39, 0.29) is 38.6 Å². The molecule has 0 spiro atoms. The summed E-state index contributed by atoms with van der Waals surface area (Å²) >= 11 is 0. The Hall–Kier alpha value is -2.23. The number of carbonyl (C=O) groups is 3. The zero-order valence-electron chi connectivity index (χ0n) is 37.0. The maximum atomic E-state index is 12.7. The lowest BCUT2D eigenvalue weighted by Gasteiger charge is -2.26. The van der Waals surface area contributed by atoms with Gasteiger partial charge in [0.1, 0.15) is 13.2 Å². The van der Waals surface area contributed by atoms with Crippen LogP contribution >= 0.6 is 0 Å². The third-order valence-electron chi connectivity index (χ3n) is 9.92. The fraction of sp³-hybridized carbons (Fsp3) is 0.851. The lowest BCUT2D eigenvalue weighted by Crippen LogP contribution is -2.44. The Bertz CT molecular complexity index is 976. The standard InChI is InChI=1S/C47H87NO8/c1-6-8-10-12-14-16-18-20-22-24-26-28-30-32-34-36-38-45(50)56-43(42-55-47(46(51)52)53-40-39-48(3,4)5)41-54-44(49)37-35-33-31-29-27-25-23-21-19-17-15-13-11-9-7-2/h21-24,43,47H,6-20,25-42H2,1-5H3/b23-21-,24-22-. The molecule has 9 nitrogen and oxygen atoms in total. The molecule has 0 aromatic rings. The van der Waals surface area contributed by atoms with Crippen molar-refractivity contribution in [2.75, 3.05) is 47.5 Å². The lowest BCUT2D eigenvalue weighted by atomic mass is 10.1. The van der Waals surface area contributed by atoms with Gasteiger partial charge < -0.3 is 33.3 Å². The average Bonchev–Trinajstić information content (AvgIpc) is 3.15. The van der Waals surface area contributed by atoms with Gasteiger partial charge in [-0.05, 0) is 64.2 Å². The minimum absolute atomic E-state index is 0.146. The lowest BCUT2D eigenvalue weighted by molar-refractivity contribution is -0.870. The Balaban J connectivity index is 4.45. The number of hydrogen-bond acceptors (Lipinski definition) is 8. The third-order valence-corrected chi connectivity index (χ3v) is 9.92. The van der Waals surface area contributed by atoms with Crippen LogP contribution in [0.3, 0.4) is 0 Å². The highest BCUT2D eigenvalue weighted by Gasteiger charge is 2.21. The van der Waals surface area contributed by atoms with Crippen LogP contribution in [0.1, 0.15) is 200 Å². The summed E-state index contributed by atoms with van der Waals surface area (Å²) in [6.45, 7) is 4.72. The number of aliphatic carboxylic acids is 1. The van der Waals surface area contributed by atoms with E-state index in [1.807, 2.05) is 21.1 Å². The van der Waals surface area contributed by atoms with Gasteiger partial charge in [0.25, 0.3) is 0 Å². The first-order valence-corrected chi connectivity index (χ1v) is 23.0. The van der Waals surface area contributed by atoms with E-state index < -0.39 is 24.3 Å². The Kier molecular flexibility index (Phi) is 38.0. The van der Waals surface area contributed by atoms with Gasteiger partial charge in [0, 0.05) is 12.8 Å². The van der Waals surface area contributed by atoms with E-state index in [4.69, 9.17) is 18.9 Å². The maximum Gasteiger partial charge on any atom is 0.306 e. The van der Waals surface area contributed by atoms with Crippen LogP contribution in [0.25, 0.3) is 0 Å². The molecule has 0 aromatic carbocycles. The summed E-state index contributed by atoms with van der Waals surface area (Å²) in [4.78, 5) is 37.0. The van der Waals surface area contributed by atoms with Crippen LogP contribution in [0.4, 0.5) is 0 Å². The van der Waals surface area contributed by atoms with Crippen molar-refractivity contribution >= 4 is 17.9 Å². The Morgan fingerprint density at radius 2 is 0.911 bits per heavy atom. The summed E-state index contributed by atoms with van der Waals surface area (Å²) in [6.07, 6.45) is 39.2. The van der Waals surface area contributed by atoms with Gasteiger partial charge >= 0.3 is 11.9 Å². The summed E-state index contributed by atoms with van der Waals surface area (Å²) in [7, 11) is 5.90. The summed E-state index contributed by atoms with van der Waals surface area (Å²) in [5, 5.41) is 11.7. The predicted molar refractivity (Wildman–Crippen MR) is 228 cm³/mol. The largest absolute Gasteiger partial charge is 0.545 e. The number of unbranched alkanes of at least 4 members (excludes halogenated alkanes) is 23. The van der Waals surface area contributed by atoms with Gasteiger partial charge in [-0.1, -0.05) is 147 Å². The van der Waals surface area contributed by atoms with Crippen LogP contribution < -0.4 is 5.11 Å². The molecular formula is C47H87NO8. The van der Waals surface area contributed by atoms with E-state index in [2.05, 4.69) is 38.2 Å². The summed E-state index contributed by atoms with van der Waals surface area (Å²) in [5.41, 5.74) is 0. The molecule has 0 aromatic heterocycles. The molecule has 56 heavy (non-hydrogen) atoms. The second-order valence-electron chi connectivity index (χ2n) is 16.7. The second-order valence-corrected chi connectivity index (χ2v) is 16.7. The first kappa shape index (κ1) is 53.8. The number of quaternary nitrogens is 1. The molecule has 0 amide bonds. The van der Waals surface area contributed by atoms with Crippen LogP contribution in [0.2, 0.25) is 0 Å². The number of rotatable bonds is 42. The highest BCUT2D eigenvalue weighted by atomic mass is 16.7. The van der Waals surface area contributed by atoms with Gasteiger partial charge in [-0.2, -0.15) is 0 Å². The molecular weight excluding hydrogens is 707 g/mol. The first-order valence-electron chi connectivity index (χ1n) is 23.0. The Labute approximate surface area is 344 Å². The first-order chi connectivity index (χ1) is 27.1. The molecule has 0 aliphatic carbocycles. The molecule has 2 unspecified atom stereocenters. The van der Waals surface area contributed by atoms with E-state index in [1.54, 1.807) is 0 Å². The van der Waals surface area contributed by atoms with Crippen molar-refractivity contribution in [2.24, 2.45) is 0 Å². The van der Waals surface area contributed by atoms with E-state index >= 15 is 0 Å². The minimum Gasteiger partial charge on any atom is -0.545 e. The van der Waals surface area contributed by atoms with Gasteiger partial charge in [-0.3, -0.25) is 9.59 Å². The number of nitrogens with zero attached hydrogens (tertiary/aromatic N) is 1. The molecule has 2 atom stereocenters. The van der Waals surface area contributed by atoms with Crippen LogP contribution in [-0.2, 0) is 33.3 Å². The smallest absolute Gasteiger partial charge is 0.306 e. The molecule has 0 aliphatic rings. The highest BCUT2D eigenvalue weighted by Crippen LogP contribution is 2.14. The van der Waals surface area contributed by atoms with Crippen molar-refractivity contribution in [3.63, 3.8) is 0 Å². The molecule has 0 saturated heterocycles. The van der Waals surface area contributed by atoms with E-state index in [9.17, 15) is 19.5 Å². The number of allylic oxidation sites excluding steroid dienone is 4. The SMILES string of the molecule is CCCCCCCC/C=C\CCCCCCCC(=O)OCC(COC(OCC[N+](C)(C)C)C(=O)[O-])OC(=O)CCCCCCC/C=C\CCCCCCCCC. The molecule has 0 rings (SSSR count). The molecule has 0 N–H and O–H groups in total. The van der Waals surface area contributed by atoms with Crippen LogP contribution in [0, 0.1) is 0 Å². The number of likely N-dealkylation sites (N-methyl/N-ethyl adjacent to an activating group) is 1. The zero-order chi connectivity index (χ0) is 41.4. The van der Waals surface area contributed by atoms with Gasteiger partial charge in [0.2, 0.25) is 0 Å². The molecule has 9 heteroatoms. The minimum atomic E-state index is -1.62. The van der Waals surface area contributed by atoms with Gasteiger partial charge in [0.15, 0.2) is 12.4 Å². The predicted octanol–water partition coefficient (Wildman–Crippen LogP) is 10.7. The van der Waals surface area contributed by atoms with Crippen molar-refractivity contribution in [1.29, 1.82) is 0 Å². The molecule has 328 valence electrons. The molecule has 0 saturated carbocycles. The highest BCUT2D eigenvalue weighted by molar-refractivity contribution is 5.70. The van der Waals surface area contributed by atoms with Gasteiger partial charge in [0.05, 0.1) is 40.3 Å². The number of ether oxygens (including phenoxy) is 4. The Morgan fingerprint density at radius 1 is 0.518 bits per heavy atom. The number of carbonyl (C=O) groups excluding carboxylic acids is 3. The normalized spacial score (nSPS) is 13.1. The topological polar surface area (TPSA) is 111 Å². The molecule has 0 bridgehead atoms. The fourth-order valence-electron chi connectivity index (χ4n) is 6.29. The van der Waals surface area contributed by atoms with Crippen molar-refractivity contribution in [2.45, 2.75) is 212 Å². The fourth-order valence-corrected chi connectivity index (χ4v) is 6.29. The quantitative estimate of drug-likeness (QED) is 0.0197. The second kappa shape index (κ2) is 39.6. The number of carboxylic acid groups (broad SMARTS) is 1. The van der Waals surface area contributed by atoms with Crippen molar-refractivity contribution in [3.8, 4) is 0 Å². The summed E-state index contributed by atoms with van der Waals surface area (Å²) in [5.74, 6) is -2.30. The molecule has 0 radical (unpaired) electrons. The average molecular weight is 794 g/mol. The van der Waals surface area contributed by atoms with Crippen LogP contribution in [0.5, 0.6) is 0 Å². The number of carboxylic acids is 1. The summed E-state index contributed by atoms with van der Waals surface area (Å²) in [6, 6.07) is 0. The molecule has 0 heterocycles. The zero-order valence-corrected chi connectivity index (χ0v) is 37.0. The van der Waals surface area contributed by atoms with Gasteiger partial charge in [-0.25, -0.2) is 0 Å². The summed E-state index contributed by atoms with van der Waals surface area (Å²) < 4.78 is 22.5. The third kappa shape index (κ3) is 40.0. The van der Waals surface area contributed by atoms with Crippen molar-refractivity contribution in [3.05, 3.63) is 24.3 Å². The van der Waals surface area contributed by atoms with Crippen LogP contribution in [0.15, 0.2) is 24.3 Å². The van der Waals surface area contributed by atoms with E-state index in [0.29, 0.717) is 17.4 Å². The maximum absolute atomic E-state index is 12.7. The van der Waals surface area contributed by atoms with Gasteiger partial charge in [-0.15, -0.1) is 0 Å². The van der Waals surface area contributed by atoms with E-state index in [1.165, 1.54) is 96.3 Å². The number of esters is 2. The number of hydrogen-bond donors (Lipinski definition) is 0. The molecule has 0 fully saturated rings. The van der Waals surface area contributed by atoms with Crippen molar-refractivity contribution in [1.82, 2.24) is 0 Å². The monoisotopic (exact) mass is 794 g/mol.